The number of allylic oxidation sites excluding steroid dienone is 3. The van der Waals surface area contributed by atoms with E-state index in [0.29, 0.717) is 17.5 Å². The molecule has 2 rings (SSSR count). The van der Waals surface area contributed by atoms with E-state index in [1.165, 1.54) is 31.8 Å². The van der Waals surface area contributed by atoms with Gasteiger partial charge >= 0.3 is 0 Å². The molecule has 1 aromatic rings. The molecule has 0 aliphatic carbocycles. The van der Waals surface area contributed by atoms with Gasteiger partial charge in [0.05, 0.1) is 18.1 Å². The lowest BCUT2D eigenvalue weighted by molar-refractivity contribution is 0.213. The molecule has 0 saturated carbocycles. The summed E-state index contributed by atoms with van der Waals surface area (Å²) in [6.45, 7) is 9.16. The van der Waals surface area contributed by atoms with Crippen molar-refractivity contribution < 1.29 is 9.13 Å². The summed E-state index contributed by atoms with van der Waals surface area (Å²) in [5.41, 5.74) is 0.148. The quantitative estimate of drug-likeness (QED) is 0.645. The molecular formula is C17H24FN3O. The number of nitrogens with zero attached hydrogens (tertiary/aromatic N) is 2. The van der Waals surface area contributed by atoms with Gasteiger partial charge in [0.2, 0.25) is 5.88 Å². The summed E-state index contributed by atoms with van der Waals surface area (Å²) in [7, 11) is 0. The van der Waals surface area contributed by atoms with Crippen molar-refractivity contribution in [1.82, 2.24) is 15.3 Å². The van der Waals surface area contributed by atoms with Crippen LogP contribution in [0.25, 0.3) is 0 Å². The Labute approximate surface area is 131 Å². The monoisotopic (exact) mass is 305 g/mol. The molecular weight excluding hydrogens is 281 g/mol. The van der Waals surface area contributed by atoms with E-state index in [4.69, 9.17) is 4.74 Å². The van der Waals surface area contributed by atoms with Gasteiger partial charge in [-0.05, 0) is 26.8 Å². The van der Waals surface area contributed by atoms with E-state index < -0.39 is 5.67 Å². The van der Waals surface area contributed by atoms with Gasteiger partial charge in [-0.3, -0.25) is 4.98 Å². The van der Waals surface area contributed by atoms with Gasteiger partial charge in [-0.15, -0.1) is 0 Å². The van der Waals surface area contributed by atoms with Gasteiger partial charge in [0.1, 0.15) is 11.4 Å². The van der Waals surface area contributed by atoms with Crippen molar-refractivity contribution in [3.05, 3.63) is 41.6 Å². The molecule has 0 unspecified atom stereocenters. The highest BCUT2D eigenvalue weighted by atomic mass is 19.1. The number of rotatable bonds is 6. The summed E-state index contributed by atoms with van der Waals surface area (Å²) in [6, 6.07) is 0. The van der Waals surface area contributed by atoms with Gasteiger partial charge < -0.3 is 10.1 Å². The average Bonchev–Trinajstić information content (AvgIpc) is 2.41. The van der Waals surface area contributed by atoms with Crippen LogP contribution < -0.4 is 10.1 Å². The van der Waals surface area contributed by atoms with Gasteiger partial charge in [0, 0.05) is 25.4 Å². The zero-order valence-corrected chi connectivity index (χ0v) is 13.7. The first kappa shape index (κ1) is 16.6. The Kier molecular flexibility index (Phi) is 5.29. The van der Waals surface area contributed by atoms with Crippen LogP contribution in [0.1, 0.15) is 39.8 Å². The Morgan fingerprint density at radius 1 is 1.36 bits per heavy atom. The second kappa shape index (κ2) is 7.01. The Hall–Kier alpha value is -1.75. The number of halogens is 1. The third-order valence-corrected chi connectivity index (χ3v) is 3.78. The standard InChI is InChI=1S/C17H24FN3O/c1-5-14(7-6-12(2)13-8-19-9-13)22-16-11-20-15(10-21-16)17(3,4)18/h6-7,10-11,13,19H,5,8-9H2,1-4H3/b12-6+,14-7+. The highest BCUT2D eigenvalue weighted by Crippen LogP contribution is 2.23. The summed E-state index contributed by atoms with van der Waals surface area (Å²) in [5.74, 6) is 1.82. The Morgan fingerprint density at radius 3 is 2.55 bits per heavy atom. The molecule has 1 aliphatic rings. The fourth-order valence-corrected chi connectivity index (χ4v) is 2.01. The van der Waals surface area contributed by atoms with Crippen LogP contribution in [0.3, 0.4) is 0 Å². The van der Waals surface area contributed by atoms with Crippen molar-refractivity contribution in [2.24, 2.45) is 5.92 Å². The number of alkyl halides is 1. The van der Waals surface area contributed by atoms with E-state index in [-0.39, 0.29) is 0 Å². The third-order valence-electron chi connectivity index (χ3n) is 3.78. The van der Waals surface area contributed by atoms with Crippen molar-refractivity contribution in [2.45, 2.75) is 39.8 Å². The smallest absolute Gasteiger partial charge is 0.237 e. The zero-order chi connectivity index (χ0) is 16.2. The maximum absolute atomic E-state index is 13.7. The molecule has 0 radical (unpaired) electrons. The fraction of sp³-hybridized carbons (Fsp3) is 0.529. The zero-order valence-electron chi connectivity index (χ0n) is 13.7. The van der Waals surface area contributed by atoms with E-state index in [9.17, 15) is 4.39 Å². The number of hydrogen-bond donors (Lipinski definition) is 1. The van der Waals surface area contributed by atoms with Crippen molar-refractivity contribution in [1.29, 1.82) is 0 Å². The predicted molar refractivity (Wildman–Crippen MR) is 85.3 cm³/mol. The first-order chi connectivity index (χ1) is 10.4. The van der Waals surface area contributed by atoms with Crippen molar-refractivity contribution in [3.63, 3.8) is 0 Å². The van der Waals surface area contributed by atoms with Crippen LogP contribution in [0.2, 0.25) is 0 Å². The Balaban J connectivity index is 2.03. The van der Waals surface area contributed by atoms with Crippen LogP contribution in [0.4, 0.5) is 4.39 Å². The second-order valence-corrected chi connectivity index (χ2v) is 6.07. The Bertz CT molecular complexity index is 554. The van der Waals surface area contributed by atoms with Crippen molar-refractivity contribution in [2.75, 3.05) is 13.1 Å². The van der Waals surface area contributed by atoms with E-state index in [1.54, 1.807) is 0 Å². The van der Waals surface area contributed by atoms with E-state index >= 15 is 0 Å². The molecule has 0 amide bonds. The molecule has 4 nitrogen and oxygen atoms in total. The molecule has 1 N–H and O–H groups in total. The number of nitrogens with one attached hydrogen (secondary N) is 1. The lowest BCUT2D eigenvalue weighted by Crippen LogP contribution is -2.42. The van der Waals surface area contributed by atoms with Crippen LogP contribution in [-0.2, 0) is 5.67 Å². The number of aromatic nitrogens is 2. The molecule has 2 heterocycles. The molecule has 1 saturated heterocycles. The average molecular weight is 305 g/mol. The molecule has 120 valence electrons. The summed E-state index contributed by atoms with van der Waals surface area (Å²) >= 11 is 0. The predicted octanol–water partition coefficient (Wildman–Crippen LogP) is 3.52. The molecule has 0 aromatic carbocycles. The molecule has 1 fully saturated rings. The molecule has 0 atom stereocenters. The van der Waals surface area contributed by atoms with Gasteiger partial charge in [0.15, 0.2) is 0 Å². The van der Waals surface area contributed by atoms with Crippen LogP contribution in [0, 0.1) is 5.92 Å². The van der Waals surface area contributed by atoms with Crippen LogP contribution in [0.5, 0.6) is 5.88 Å². The van der Waals surface area contributed by atoms with Crippen LogP contribution in [0.15, 0.2) is 35.9 Å². The second-order valence-electron chi connectivity index (χ2n) is 6.07. The Morgan fingerprint density at radius 2 is 2.09 bits per heavy atom. The lowest BCUT2D eigenvalue weighted by atomic mass is 9.94. The fourth-order valence-electron chi connectivity index (χ4n) is 2.01. The molecule has 22 heavy (non-hydrogen) atoms. The van der Waals surface area contributed by atoms with Crippen molar-refractivity contribution in [3.8, 4) is 5.88 Å². The number of ether oxygens (including phenoxy) is 1. The first-order valence-corrected chi connectivity index (χ1v) is 7.67. The van der Waals surface area contributed by atoms with Crippen LogP contribution in [-0.4, -0.2) is 23.1 Å². The third kappa shape index (κ3) is 4.37. The molecule has 5 heteroatoms. The molecule has 1 aliphatic heterocycles. The minimum atomic E-state index is -1.49. The van der Waals surface area contributed by atoms with Gasteiger partial charge in [-0.2, -0.15) is 0 Å². The SMILES string of the molecule is CC/C(=C\C=C(/C)C1CNC1)Oc1cnc(C(C)(C)F)cn1. The maximum Gasteiger partial charge on any atom is 0.237 e. The molecule has 1 aromatic heterocycles. The normalized spacial score (nSPS) is 17.3. The maximum atomic E-state index is 13.7. The van der Waals surface area contributed by atoms with E-state index in [2.05, 4.69) is 28.3 Å². The van der Waals surface area contributed by atoms with E-state index in [0.717, 1.165) is 25.3 Å². The summed E-state index contributed by atoms with van der Waals surface area (Å²) in [4.78, 5) is 8.20. The number of hydrogen-bond acceptors (Lipinski definition) is 4. The first-order valence-electron chi connectivity index (χ1n) is 7.67. The molecule has 0 bridgehead atoms. The highest BCUT2D eigenvalue weighted by Gasteiger charge is 2.21. The lowest BCUT2D eigenvalue weighted by Gasteiger charge is -2.27. The molecule has 0 spiro atoms. The minimum absolute atomic E-state index is 0.301. The van der Waals surface area contributed by atoms with Crippen LogP contribution >= 0.6 is 0 Å². The van der Waals surface area contributed by atoms with Gasteiger partial charge in [0.25, 0.3) is 0 Å². The van der Waals surface area contributed by atoms with Gasteiger partial charge in [-0.25, -0.2) is 9.37 Å². The summed E-state index contributed by atoms with van der Waals surface area (Å²) in [5, 5.41) is 3.26. The van der Waals surface area contributed by atoms with E-state index in [1.807, 2.05) is 13.0 Å². The highest BCUT2D eigenvalue weighted by molar-refractivity contribution is 5.20. The summed E-state index contributed by atoms with van der Waals surface area (Å²) in [6.07, 6.45) is 7.71. The largest absolute Gasteiger partial charge is 0.442 e. The van der Waals surface area contributed by atoms with Gasteiger partial charge in [-0.1, -0.05) is 18.6 Å². The topological polar surface area (TPSA) is 47.0 Å². The van der Waals surface area contributed by atoms with Crippen molar-refractivity contribution >= 4 is 0 Å². The minimum Gasteiger partial charge on any atom is -0.442 e. The summed E-state index contributed by atoms with van der Waals surface area (Å²) < 4.78 is 19.5.